The fraction of sp³-hybridized carbons (Fsp3) is 0.154. The molecule has 3 aromatic carbocycles. The topological polar surface area (TPSA) is 59.2 Å². The number of hydrazine groups is 1. The van der Waals surface area contributed by atoms with Gasteiger partial charge in [0.15, 0.2) is 0 Å². The first-order valence-electron chi connectivity index (χ1n) is 10.1. The first-order valence-corrected chi connectivity index (χ1v) is 10.1. The fourth-order valence-electron chi connectivity index (χ4n) is 4.87. The van der Waals surface area contributed by atoms with Gasteiger partial charge in [-0.05, 0) is 48.7 Å². The van der Waals surface area contributed by atoms with E-state index in [-0.39, 0.29) is 5.91 Å². The van der Waals surface area contributed by atoms with Crippen molar-refractivity contribution >= 4 is 22.5 Å². The van der Waals surface area contributed by atoms with Crippen molar-refractivity contribution in [2.75, 3.05) is 5.01 Å². The van der Waals surface area contributed by atoms with Gasteiger partial charge < -0.3 is 0 Å². The molecule has 4 nitrogen and oxygen atoms in total. The summed E-state index contributed by atoms with van der Waals surface area (Å²) >= 11 is 0. The zero-order valence-corrected chi connectivity index (χ0v) is 16.8. The molecular formula is C26H23N3O. The van der Waals surface area contributed by atoms with E-state index in [1.807, 2.05) is 73.7 Å². The maximum Gasteiger partial charge on any atom is 0.248 e. The molecule has 0 spiro atoms. The predicted octanol–water partition coefficient (Wildman–Crippen LogP) is 4.84. The van der Waals surface area contributed by atoms with Gasteiger partial charge in [0.25, 0.3) is 0 Å². The highest BCUT2D eigenvalue weighted by molar-refractivity contribution is 6.06. The summed E-state index contributed by atoms with van der Waals surface area (Å²) in [6.45, 7) is 2.03. The molecule has 1 atom stereocenters. The Bertz CT molecular complexity index is 1180. The number of carbonyl (C=O) groups is 1. The minimum absolute atomic E-state index is 0.0911. The summed E-state index contributed by atoms with van der Waals surface area (Å²) < 4.78 is 0. The number of fused-ring (bicyclic) bond motifs is 1. The SMILES string of the molecule is CC1(C(=O)N(N)c2cccc3ncccc23)CC1(c1ccccc1)c1ccccc1. The Hall–Kier alpha value is -3.50. The van der Waals surface area contributed by atoms with E-state index in [1.165, 1.54) is 5.01 Å². The molecule has 1 aliphatic rings. The lowest BCUT2D eigenvalue weighted by Gasteiger charge is -2.28. The second-order valence-electron chi connectivity index (χ2n) is 8.17. The van der Waals surface area contributed by atoms with Crippen molar-refractivity contribution in [3.05, 3.63) is 108 Å². The third kappa shape index (κ3) is 2.57. The molecule has 0 aliphatic heterocycles. The fourth-order valence-corrected chi connectivity index (χ4v) is 4.87. The van der Waals surface area contributed by atoms with Crippen molar-refractivity contribution in [3.63, 3.8) is 0 Å². The van der Waals surface area contributed by atoms with Crippen LogP contribution >= 0.6 is 0 Å². The number of benzene rings is 3. The van der Waals surface area contributed by atoms with E-state index in [1.54, 1.807) is 6.20 Å². The summed E-state index contributed by atoms with van der Waals surface area (Å²) in [6, 6.07) is 30.0. The van der Waals surface area contributed by atoms with Crippen LogP contribution in [0.15, 0.2) is 97.2 Å². The van der Waals surface area contributed by atoms with Gasteiger partial charge in [-0.15, -0.1) is 0 Å². The van der Waals surface area contributed by atoms with Crippen LogP contribution in [0.3, 0.4) is 0 Å². The van der Waals surface area contributed by atoms with Crippen LogP contribution in [0.25, 0.3) is 10.9 Å². The van der Waals surface area contributed by atoms with Crippen LogP contribution in [0, 0.1) is 5.41 Å². The highest BCUT2D eigenvalue weighted by Crippen LogP contribution is 2.68. The third-order valence-corrected chi connectivity index (χ3v) is 6.54. The van der Waals surface area contributed by atoms with Gasteiger partial charge in [-0.25, -0.2) is 10.9 Å². The molecule has 4 aromatic rings. The molecule has 148 valence electrons. The Balaban J connectivity index is 1.60. The molecule has 30 heavy (non-hydrogen) atoms. The van der Waals surface area contributed by atoms with Crippen LogP contribution in [0.2, 0.25) is 0 Å². The van der Waals surface area contributed by atoms with Crippen LogP contribution in [-0.4, -0.2) is 10.9 Å². The smallest absolute Gasteiger partial charge is 0.248 e. The minimum Gasteiger partial charge on any atom is -0.272 e. The van der Waals surface area contributed by atoms with Crippen LogP contribution in [0.4, 0.5) is 5.69 Å². The van der Waals surface area contributed by atoms with Gasteiger partial charge in [-0.3, -0.25) is 9.78 Å². The van der Waals surface area contributed by atoms with Gasteiger partial charge in [0.1, 0.15) is 0 Å². The molecule has 1 heterocycles. The summed E-state index contributed by atoms with van der Waals surface area (Å²) in [7, 11) is 0. The first kappa shape index (κ1) is 18.5. The van der Waals surface area contributed by atoms with Crippen molar-refractivity contribution in [1.82, 2.24) is 4.98 Å². The van der Waals surface area contributed by atoms with Crippen LogP contribution in [0.5, 0.6) is 0 Å². The van der Waals surface area contributed by atoms with Crippen LogP contribution in [0.1, 0.15) is 24.5 Å². The van der Waals surface area contributed by atoms with Crippen LogP contribution in [-0.2, 0) is 10.2 Å². The number of rotatable bonds is 4. The first-order chi connectivity index (χ1) is 14.6. The highest BCUT2D eigenvalue weighted by Gasteiger charge is 2.71. The summed E-state index contributed by atoms with van der Waals surface area (Å²) in [5, 5.41) is 2.18. The number of amides is 1. The zero-order valence-electron chi connectivity index (χ0n) is 16.8. The maximum absolute atomic E-state index is 13.8. The average molecular weight is 393 g/mol. The number of anilines is 1. The molecule has 1 aromatic heterocycles. The van der Waals surface area contributed by atoms with Gasteiger partial charge >= 0.3 is 0 Å². The minimum atomic E-state index is -0.644. The molecule has 1 fully saturated rings. The lowest BCUT2D eigenvalue weighted by molar-refractivity contribution is -0.123. The standard InChI is InChI=1S/C26H23N3O/c1-25(24(30)29(27)23-16-8-15-22-21(23)14-9-17-28-22)18-26(25,19-10-4-2-5-11-19)20-12-6-3-7-13-20/h2-17H,18,27H2,1H3. The molecule has 1 aliphatic carbocycles. The molecule has 2 N–H and O–H groups in total. The summed E-state index contributed by atoms with van der Waals surface area (Å²) in [6.07, 6.45) is 2.45. The van der Waals surface area contributed by atoms with Gasteiger partial charge in [-0.2, -0.15) is 0 Å². The van der Waals surface area contributed by atoms with E-state index in [9.17, 15) is 4.79 Å². The maximum atomic E-state index is 13.8. The lowest BCUT2D eigenvalue weighted by Crippen LogP contribution is -2.44. The van der Waals surface area contributed by atoms with Gasteiger partial charge in [0.05, 0.1) is 16.6 Å². The average Bonchev–Trinajstić information content (AvgIpc) is 3.47. The number of hydrogen-bond acceptors (Lipinski definition) is 3. The van der Waals surface area contributed by atoms with Crippen molar-refractivity contribution in [2.24, 2.45) is 11.3 Å². The Morgan fingerprint density at radius 1 is 0.867 bits per heavy atom. The number of hydrogen-bond donors (Lipinski definition) is 1. The third-order valence-electron chi connectivity index (χ3n) is 6.54. The highest BCUT2D eigenvalue weighted by atomic mass is 16.2. The number of nitrogens with two attached hydrogens (primary N) is 1. The number of pyridine rings is 1. The Morgan fingerprint density at radius 3 is 2.13 bits per heavy atom. The van der Waals surface area contributed by atoms with Crippen molar-refractivity contribution in [3.8, 4) is 0 Å². The number of nitrogens with zero attached hydrogens (tertiary/aromatic N) is 2. The molecule has 4 heteroatoms. The molecule has 5 rings (SSSR count). The van der Waals surface area contributed by atoms with Crippen LogP contribution < -0.4 is 10.9 Å². The summed E-state index contributed by atoms with van der Waals surface area (Å²) in [5.41, 5.74) is 2.73. The van der Waals surface area contributed by atoms with Crippen molar-refractivity contribution < 1.29 is 4.79 Å². The molecule has 1 saturated carbocycles. The molecule has 0 radical (unpaired) electrons. The summed E-state index contributed by atoms with van der Waals surface area (Å²) in [4.78, 5) is 18.2. The normalized spacial score (nSPS) is 19.4. The quantitative estimate of drug-likeness (QED) is 0.307. The van der Waals surface area contributed by atoms with Gasteiger partial charge in [-0.1, -0.05) is 66.7 Å². The summed E-state index contributed by atoms with van der Waals surface area (Å²) in [5.74, 6) is 6.37. The Labute approximate surface area is 175 Å². The van der Waals surface area contributed by atoms with Crippen molar-refractivity contribution in [2.45, 2.75) is 18.8 Å². The predicted molar refractivity (Wildman–Crippen MR) is 120 cm³/mol. The second-order valence-corrected chi connectivity index (χ2v) is 8.17. The van der Waals surface area contributed by atoms with Crippen molar-refractivity contribution in [1.29, 1.82) is 0 Å². The second kappa shape index (κ2) is 6.78. The largest absolute Gasteiger partial charge is 0.272 e. The van der Waals surface area contributed by atoms with Gasteiger partial charge in [0.2, 0.25) is 5.91 Å². The number of aromatic nitrogens is 1. The van der Waals surface area contributed by atoms with E-state index in [2.05, 4.69) is 29.2 Å². The Kier molecular flexibility index (Phi) is 4.19. The number of carbonyl (C=O) groups excluding carboxylic acids is 1. The molecular weight excluding hydrogens is 370 g/mol. The Morgan fingerprint density at radius 2 is 1.50 bits per heavy atom. The molecule has 0 saturated heterocycles. The van der Waals surface area contributed by atoms with Gasteiger partial charge in [0, 0.05) is 17.0 Å². The van der Waals surface area contributed by atoms with E-state index in [0.29, 0.717) is 12.1 Å². The van der Waals surface area contributed by atoms with E-state index in [4.69, 9.17) is 5.84 Å². The molecule has 0 bridgehead atoms. The molecule has 1 unspecified atom stereocenters. The molecule has 1 amide bonds. The lowest BCUT2D eigenvalue weighted by atomic mass is 9.80. The van der Waals surface area contributed by atoms with E-state index < -0.39 is 10.8 Å². The zero-order chi connectivity index (χ0) is 20.8. The van der Waals surface area contributed by atoms with E-state index >= 15 is 0 Å². The monoisotopic (exact) mass is 393 g/mol. The van der Waals surface area contributed by atoms with E-state index in [0.717, 1.165) is 22.0 Å².